The molecule has 0 aliphatic heterocycles. The van der Waals surface area contributed by atoms with Crippen molar-refractivity contribution in [2.45, 2.75) is 39.7 Å². The molecular weight excluding hydrogens is 286 g/mol. The maximum absolute atomic E-state index is 10.9. The third-order valence-electron chi connectivity index (χ3n) is 3.01. The Kier molecular flexibility index (Phi) is 4.96. The molecule has 0 fully saturated rings. The van der Waals surface area contributed by atoms with Gasteiger partial charge in [0.1, 0.15) is 17.4 Å². The molecule has 0 amide bonds. The second kappa shape index (κ2) is 6.72. The lowest BCUT2D eigenvalue weighted by Gasteiger charge is -2.04. The number of aliphatic carboxylic acids is 1. The number of hydrogen-bond donors (Lipinski definition) is 1. The number of ether oxygens (including phenoxy) is 1. The molecular formula is C16H19NO3S. The molecule has 2 rings (SSSR count). The molecule has 0 aliphatic carbocycles. The molecule has 1 aromatic carbocycles. The largest absolute Gasteiger partial charge is 0.486 e. The third kappa shape index (κ3) is 4.29. The highest BCUT2D eigenvalue weighted by atomic mass is 32.1. The Labute approximate surface area is 128 Å². The van der Waals surface area contributed by atoms with Gasteiger partial charge in [-0.1, -0.05) is 31.5 Å². The number of carbonyl (C=O) groups is 1. The zero-order chi connectivity index (χ0) is 15.4. The number of benzene rings is 1. The van der Waals surface area contributed by atoms with E-state index in [2.05, 4.69) is 4.98 Å². The maximum Gasteiger partial charge on any atom is 0.308 e. The molecule has 112 valence electrons. The monoisotopic (exact) mass is 305 g/mol. The van der Waals surface area contributed by atoms with Gasteiger partial charge < -0.3 is 9.84 Å². The van der Waals surface area contributed by atoms with Crippen molar-refractivity contribution in [2.75, 3.05) is 0 Å². The van der Waals surface area contributed by atoms with Crippen LogP contribution in [-0.2, 0) is 17.8 Å². The maximum atomic E-state index is 10.9. The first-order valence-corrected chi connectivity index (χ1v) is 7.67. The topological polar surface area (TPSA) is 59.4 Å². The van der Waals surface area contributed by atoms with Crippen LogP contribution in [0.4, 0.5) is 0 Å². The van der Waals surface area contributed by atoms with Crippen molar-refractivity contribution >= 4 is 17.3 Å². The fourth-order valence-electron chi connectivity index (χ4n) is 1.97. The number of rotatable bonds is 6. The Bertz CT molecular complexity index is 617. The van der Waals surface area contributed by atoms with Crippen LogP contribution in [0.3, 0.4) is 0 Å². The molecule has 0 spiro atoms. The number of aryl methyl sites for hydroxylation is 1. The summed E-state index contributed by atoms with van der Waals surface area (Å²) < 4.78 is 5.70. The molecule has 1 N–H and O–H groups in total. The van der Waals surface area contributed by atoms with Crippen molar-refractivity contribution in [3.8, 4) is 5.75 Å². The summed E-state index contributed by atoms with van der Waals surface area (Å²) in [6.45, 7) is 6.43. The van der Waals surface area contributed by atoms with Gasteiger partial charge in [0.25, 0.3) is 0 Å². The van der Waals surface area contributed by atoms with E-state index in [1.807, 2.05) is 45.0 Å². The molecule has 0 saturated heterocycles. The van der Waals surface area contributed by atoms with Crippen LogP contribution in [0, 0.1) is 6.92 Å². The fourth-order valence-corrected chi connectivity index (χ4v) is 3.10. The van der Waals surface area contributed by atoms with Crippen molar-refractivity contribution in [3.63, 3.8) is 0 Å². The highest BCUT2D eigenvalue weighted by Gasteiger charge is 2.16. The minimum atomic E-state index is -0.827. The fraction of sp³-hybridized carbons (Fsp3) is 0.375. The van der Waals surface area contributed by atoms with E-state index in [4.69, 9.17) is 9.84 Å². The standard InChI is InChI=1S/C16H19NO3S/c1-10(2)16-13(8-15(18)19)21-14(17-16)9-20-12-6-4-11(3)5-7-12/h4-7,10H,8-9H2,1-3H3,(H,18,19). The van der Waals surface area contributed by atoms with Gasteiger partial charge in [-0.15, -0.1) is 11.3 Å². The van der Waals surface area contributed by atoms with E-state index >= 15 is 0 Å². The summed E-state index contributed by atoms with van der Waals surface area (Å²) >= 11 is 1.42. The lowest BCUT2D eigenvalue weighted by Crippen LogP contribution is -2.02. The lowest BCUT2D eigenvalue weighted by atomic mass is 10.1. The molecule has 0 saturated carbocycles. The van der Waals surface area contributed by atoms with Crippen LogP contribution in [0.2, 0.25) is 0 Å². The lowest BCUT2D eigenvalue weighted by molar-refractivity contribution is -0.136. The van der Waals surface area contributed by atoms with Crippen LogP contribution in [0.1, 0.15) is 40.9 Å². The molecule has 0 atom stereocenters. The minimum Gasteiger partial charge on any atom is -0.486 e. The number of carboxylic acids is 1. The molecule has 0 radical (unpaired) electrons. The summed E-state index contributed by atoms with van der Waals surface area (Å²) in [5, 5.41) is 9.78. The van der Waals surface area contributed by atoms with Gasteiger partial charge in [0.05, 0.1) is 12.1 Å². The molecule has 1 aromatic heterocycles. The predicted molar refractivity (Wildman–Crippen MR) is 83.1 cm³/mol. The number of carboxylic acid groups (broad SMARTS) is 1. The van der Waals surface area contributed by atoms with Crippen LogP contribution in [0.5, 0.6) is 5.75 Å². The Hall–Kier alpha value is -1.88. The van der Waals surface area contributed by atoms with Crippen LogP contribution in [0.25, 0.3) is 0 Å². The summed E-state index contributed by atoms with van der Waals surface area (Å²) in [7, 11) is 0. The van der Waals surface area contributed by atoms with Gasteiger partial charge in [0.2, 0.25) is 0 Å². The summed E-state index contributed by atoms with van der Waals surface area (Å²) in [6, 6.07) is 7.83. The number of hydrogen-bond acceptors (Lipinski definition) is 4. The summed E-state index contributed by atoms with van der Waals surface area (Å²) in [6.07, 6.45) is 0.0235. The van der Waals surface area contributed by atoms with Gasteiger partial charge in [-0.2, -0.15) is 0 Å². The molecule has 1 heterocycles. The van der Waals surface area contributed by atoms with Crippen molar-refractivity contribution in [1.29, 1.82) is 0 Å². The van der Waals surface area contributed by atoms with Crippen LogP contribution >= 0.6 is 11.3 Å². The van der Waals surface area contributed by atoms with E-state index in [0.717, 1.165) is 21.3 Å². The predicted octanol–water partition coefficient (Wildman–Crippen LogP) is 3.78. The normalized spacial score (nSPS) is 10.9. The Morgan fingerprint density at radius 1 is 1.33 bits per heavy atom. The van der Waals surface area contributed by atoms with Crippen LogP contribution in [-0.4, -0.2) is 16.1 Å². The minimum absolute atomic E-state index is 0.0235. The zero-order valence-electron chi connectivity index (χ0n) is 12.4. The van der Waals surface area contributed by atoms with Crippen molar-refractivity contribution in [3.05, 3.63) is 45.4 Å². The first-order chi connectivity index (χ1) is 9.95. The van der Waals surface area contributed by atoms with Crippen LogP contribution in [0.15, 0.2) is 24.3 Å². The number of nitrogens with zero attached hydrogens (tertiary/aromatic N) is 1. The van der Waals surface area contributed by atoms with Gasteiger partial charge in [-0.3, -0.25) is 4.79 Å². The van der Waals surface area contributed by atoms with Crippen molar-refractivity contribution in [2.24, 2.45) is 0 Å². The smallest absolute Gasteiger partial charge is 0.308 e. The van der Waals surface area contributed by atoms with E-state index in [1.165, 1.54) is 16.9 Å². The van der Waals surface area contributed by atoms with Crippen molar-refractivity contribution < 1.29 is 14.6 Å². The first-order valence-electron chi connectivity index (χ1n) is 6.85. The molecule has 21 heavy (non-hydrogen) atoms. The molecule has 0 unspecified atom stereocenters. The van der Waals surface area contributed by atoms with Gasteiger partial charge in [-0.05, 0) is 25.0 Å². The second-order valence-electron chi connectivity index (χ2n) is 5.24. The average Bonchev–Trinajstić information content (AvgIpc) is 2.80. The SMILES string of the molecule is Cc1ccc(OCc2nc(C(C)C)c(CC(=O)O)s2)cc1. The summed E-state index contributed by atoms with van der Waals surface area (Å²) in [5.74, 6) is 0.178. The van der Waals surface area contributed by atoms with E-state index in [-0.39, 0.29) is 12.3 Å². The Balaban J connectivity index is 2.09. The van der Waals surface area contributed by atoms with E-state index in [9.17, 15) is 4.79 Å². The zero-order valence-corrected chi connectivity index (χ0v) is 13.2. The summed E-state index contributed by atoms with van der Waals surface area (Å²) in [4.78, 5) is 16.3. The first kappa shape index (κ1) is 15.5. The van der Waals surface area contributed by atoms with E-state index < -0.39 is 5.97 Å². The number of thiazole rings is 1. The Morgan fingerprint density at radius 2 is 2.00 bits per heavy atom. The molecule has 5 heteroatoms. The van der Waals surface area contributed by atoms with Crippen molar-refractivity contribution in [1.82, 2.24) is 4.98 Å². The molecule has 4 nitrogen and oxygen atoms in total. The molecule has 0 bridgehead atoms. The summed E-state index contributed by atoms with van der Waals surface area (Å²) in [5.41, 5.74) is 2.05. The highest BCUT2D eigenvalue weighted by Crippen LogP contribution is 2.26. The highest BCUT2D eigenvalue weighted by molar-refractivity contribution is 7.11. The quantitative estimate of drug-likeness (QED) is 0.882. The van der Waals surface area contributed by atoms with Gasteiger partial charge in [0.15, 0.2) is 0 Å². The molecule has 0 aliphatic rings. The second-order valence-corrected chi connectivity index (χ2v) is 6.41. The third-order valence-corrected chi connectivity index (χ3v) is 4.06. The van der Waals surface area contributed by atoms with Gasteiger partial charge >= 0.3 is 5.97 Å². The Morgan fingerprint density at radius 3 is 2.57 bits per heavy atom. The average molecular weight is 305 g/mol. The van der Waals surface area contributed by atoms with Gasteiger partial charge in [-0.25, -0.2) is 4.98 Å². The van der Waals surface area contributed by atoms with Gasteiger partial charge in [0, 0.05) is 4.88 Å². The van der Waals surface area contributed by atoms with E-state index in [1.54, 1.807) is 0 Å². The van der Waals surface area contributed by atoms with E-state index in [0.29, 0.717) is 6.61 Å². The van der Waals surface area contributed by atoms with Crippen LogP contribution < -0.4 is 4.74 Å². The molecule has 2 aromatic rings. The number of aromatic nitrogens is 1.